The minimum Gasteiger partial charge on any atom is -0.495 e. The van der Waals surface area contributed by atoms with Crippen molar-refractivity contribution in [1.29, 1.82) is 0 Å². The van der Waals surface area contributed by atoms with Crippen molar-refractivity contribution < 1.29 is 9.53 Å². The topological polar surface area (TPSA) is 67.7 Å². The molecule has 0 unspecified atom stereocenters. The summed E-state index contributed by atoms with van der Waals surface area (Å²) in [4.78, 5) is 34.0. The van der Waals surface area contributed by atoms with Crippen molar-refractivity contribution in [3.05, 3.63) is 52.2 Å². The van der Waals surface area contributed by atoms with E-state index in [9.17, 15) is 9.59 Å². The molecule has 1 saturated heterocycles. The molecule has 1 aliphatic rings. The van der Waals surface area contributed by atoms with E-state index in [2.05, 4.69) is 9.88 Å². The number of piperazine rings is 1. The standard InChI is InChI=1S/C22H30N4O3/c1-16-23-19(22(2,3)4)14-20(27)26(16)15-21(28)25-12-10-24(11-13-25)17-8-6-7-9-18(17)29-5/h6-9,14H,10-13,15H2,1-5H3. The molecule has 3 rings (SSSR count). The summed E-state index contributed by atoms with van der Waals surface area (Å²) in [5, 5.41) is 0. The van der Waals surface area contributed by atoms with Gasteiger partial charge in [-0.15, -0.1) is 0 Å². The molecule has 1 aromatic carbocycles. The minimum atomic E-state index is -0.207. The van der Waals surface area contributed by atoms with E-state index >= 15 is 0 Å². The van der Waals surface area contributed by atoms with Gasteiger partial charge in [0.05, 0.1) is 18.5 Å². The first-order valence-corrected chi connectivity index (χ1v) is 9.95. The van der Waals surface area contributed by atoms with E-state index in [1.807, 2.05) is 49.9 Å². The van der Waals surface area contributed by atoms with Gasteiger partial charge in [-0.3, -0.25) is 14.2 Å². The number of amides is 1. The molecule has 7 nitrogen and oxygen atoms in total. The van der Waals surface area contributed by atoms with E-state index in [1.54, 1.807) is 20.1 Å². The molecule has 156 valence electrons. The third-order valence-corrected chi connectivity index (χ3v) is 5.32. The van der Waals surface area contributed by atoms with Crippen molar-refractivity contribution >= 4 is 11.6 Å². The van der Waals surface area contributed by atoms with Crippen LogP contribution < -0.4 is 15.2 Å². The molecule has 1 aromatic heterocycles. The maximum Gasteiger partial charge on any atom is 0.254 e. The van der Waals surface area contributed by atoms with Crippen molar-refractivity contribution in [3.63, 3.8) is 0 Å². The van der Waals surface area contributed by atoms with E-state index in [0.717, 1.165) is 30.2 Å². The Hall–Kier alpha value is -2.83. The molecule has 0 N–H and O–H groups in total. The van der Waals surface area contributed by atoms with Gasteiger partial charge < -0.3 is 14.5 Å². The Bertz CT molecular complexity index is 938. The number of ether oxygens (including phenoxy) is 1. The van der Waals surface area contributed by atoms with Gasteiger partial charge in [0.25, 0.3) is 5.56 Å². The van der Waals surface area contributed by atoms with Crippen LogP contribution in [0.4, 0.5) is 5.69 Å². The Morgan fingerprint density at radius 1 is 1.14 bits per heavy atom. The summed E-state index contributed by atoms with van der Waals surface area (Å²) in [6, 6.07) is 9.44. The van der Waals surface area contributed by atoms with Crippen LogP contribution in [0.1, 0.15) is 32.3 Å². The van der Waals surface area contributed by atoms with Crippen molar-refractivity contribution in [2.75, 3.05) is 38.2 Å². The van der Waals surface area contributed by atoms with Gasteiger partial charge in [0.15, 0.2) is 0 Å². The van der Waals surface area contributed by atoms with Gasteiger partial charge in [-0.25, -0.2) is 4.98 Å². The summed E-state index contributed by atoms with van der Waals surface area (Å²) < 4.78 is 6.91. The first kappa shape index (κ1) is 20.9. The minimum absolute atomic E-state index is 0.0246. The number of carbonyl (C=O) groups excluding carboxylic acids is 1. The van der Waals surface area contributed by atoms with E-state index in [-0.39, 0.29) is 23.4 Å². The van der Waals surface area contributed by atoms with Gasteiger partial charge in [0.1, 0.15) is 18.1 Å². The molecule has 2 heterocycles. The largest absolute Gasteiger partial charge is 0.495 e. The maximum absolute atomic E-state index is 12.8. The Balaban J connectivity index is 1.67. The van der Waals surface area contributed by atoms with Gasteiger partial charge in [0, 0.05) is 37.7 Å². The van der Waals surface area contributed by atoms with Gasteiger partial charge >= 0.3 is 0 Å². The lowest BCUT2D eigenvalue weighted by molar-refractivity contribution is -0.132. The average Bonchev–Trinajstić information content (AvgIpc) is 2.69. The highest BCUT2D eigenvalue weighted by Gasteiger charge is 2.24. The van der Waals surface area contributed by atoms with E-state index < -0.39 is 0 Å². The molecule has 29 heavy (non-hydrogen) atoms. The number of carbonyl (C=O) groups is 1. The third-order valence-electron chi connectivity index (χ3n) is 5.32. The zero-order valence-corrected chi connectivity index (χ0v) is 17.9. The molecule has 7 heteroatoms. The molecule has 0 saturated carbocycles. The lowest BCUT2D eigenvalue weighted by Gasteiger charge is -2.36. The molecular formula is C22H30N4O3. The zero-order chi connectivity index (χ0) is 21.2. The first-order chi connectivity index (χ1) is 13.7. The van der Waals surface area contributed by atoms with Crippen LogP contribution in [0.25, 0.3) is 0 Å². The van der Waals surface area contributed by atoms with Crippen molar-refractivity contribution in [2.45, 2.75) is 39.7 Å². The molecule has 0 atom stereocenters. The second-order valence-corrected chi connectivity index (χ2v) is 8.40. The summed E-state index contributed by atoms with van der Waals surface area (Å²) in [6.45, 7) is 10.5. The van der Waals surface area contributed by atoms with Crippen LogP contribution in [0, 0.1) is 6.92 Å². The summed E-state index contributed by atoms with van der Waals surface area (Å²) in [6.07, 6.45) is 0. The summed E-state index contributed by atoms with van der Waals surface area (Å²) in [7, 11) is 1.66. The number of anilines is 1. The quantitative estimate of drug-likeness (QED) is 0.790. The fourth-order valence-corrected chi connectivity index (χ4v) is 3.52. The van der Waals surface area contributed by atoms with Crippen molar-refractivity contribution in [3.8, 4) is 5.75 Å². The summed E-state index contributed by atoms with van der Waals surface area (Å²) in [5.41, 5.74) is 1.40. The number of hydrogen-bond acceptors (Lipinski definition) is 5. The number of nitrogens with zero attached hydrogens (tertiary/aromatic N) is 4. The highest BCUT2D eigenvalue weighted by Crippen LogP contribution is 2.28. The highest BCUT2D eigenvalue weighted by atomic mass is 16.5. The fourth-order valence-electron chi connectivity index (χ4n) is 3.52. The maximum atomic E-state index is 12.8. The van der Waals surface area contributed by atoms with Crippen LogP contribution in [-0.2, 0) is 16.8 Å². The monoisotopic (exact) mass is 398 g/mol. The second kappa shape index (κ2) is 8.27. The molecule has 0 aliphatic carbocycles. The number of para-hydroxylation sites is 2. The highest BCUT2D eigenvalue weighted by molar-refractivity contribution is 5.76. The molecule has 0 radical (unpaired) electrons. The fraction of sp³-hybridized carbons (Fsp3) is 0.500. The smallest absolute Gasteiger partial charge is 0.254 e. The van der Waals surface area contributed by atoms with E-state index in [0.29, 0.717) is 18.9 Å². The lowest BCUT2D eigenvalue weighted by atomic mass is 9.92. The van der Waals surface area contributed by atoms with Crippen LogP contribution in [0.5, 0.6) is 5.75 Å². The number of aryl methyl sites for hydroxylation is 1. The Morgan fingerprint density at radius 3 is 2.38 bits per heavy atom. The van der Waals surface area contributed by atoms with Gasteiger partial charge in [-0.2, -0.15) is 0 Å². The summed E-state index contributed by atoms with van der Waals surface area (Å²) in [5.74, 6) is 1.35. The average molecular weight is 399 g/mol. The number of methoxy groups -OCH3 is 1. The molecular weight excluding hydrogens is 368 g/mol. The van der Waals surface area contributed by atoms with Gasteiger partial charge in [-0.1, -0.05) is 32.9 Å². The second-order valence-electron chi connectivity index (χ2n) is 8.40. The van der Waals surface area contributed by atoms with Crippen LogP contribution in [0.15, 0.2) is 35.1 Å². The molecule has 0 spiro atoms. The number of benzene rings is 1. The lowest BCUT2D eigenvalue weighted by Crippen LogP contribution is -2.50. The van der Waals surface area contributed by atoms with Crippen molar-refractivity contribution in [2.24, 2.45) is 0 Å². The Kier molecular flexibility index (Phi) is 5.96. The third kappa shape index (κ3) is 4.60. The van der Waals surface area contributed by atoms with Crippen LogP contribution >= 0.6 is 0 Å². The Morgan fingerprint density at radius 2 is 1.79 bits per heavy atom. The SMILES string of the molecule is COc1ccccc1N1CCN(C(=O)Cn2c(C)nc(C(C)(C)C)cc2=O)CC1. The number of hydrogen-bond donors (Lipinski definition) is 0. The van der Waals surface area contributed by atoms with Gasteiger partial charge in [-0.05, 0) is 19.1 Å². The predicted octanol–water partition coefficient (Wildman–Crippen LogP) is 2.21. The van der Waals surface area contributed by atoms with E-state index in [1.165, 1.54) is 4.57 Å². The number of rotatable bonds is 4. The first-order valence-electron chi connectivity index (χ1n) is 9.95. The van der Waals surface area contributed by atoms with Crippen LogP contribution in [0.2, 0.25) is 0 Å². The molecule has 1 amide bonds. The van der Waals surface area contributed by atoms with Crippen molar-refractivity contribution in [1.82, 2.24) is 14.5 Å². The Labute approximate surface area is 171 Å². The summed E-state index contributed by atoms with van der Waals surface area (Å²) >= 11 is 0. The predicted molar refractivity (Wildman–Crippen MR) is 114 cm³/mol. The van der Waals surface area contributed by atoms with Crippen LogP contribution in [-0.4, -0.2) is 53.6 Å². The molecule has 1 fully saturated rings. The molecule has 1 aliphatic heterocycles. The normalized spacial score (nSPS) is 14.8. The molecule has 0 bridgehead atoms. The molecule has 2 aromatic rings. The van der Waals surface area contributed by atoms with Gasteiger partial charge in [0.2, 0.25) is 5.91 Å². The number of aromatic nitrogens is 2. The zero-order valence-electron chi connectivity index (χ0n) is 17.9. The van der Waals surface area contributed by atoms with E-state index in [4.69, 9.17) is 4.74 Å². The van der Waals surface area contributed by atoms with Crippen LogP contribution in [0.3, 0.4) is 0 Å².